The first-order valence-corrected chi connectivity index (χ1v) is 14.3. The molecule has 0 radical (unpaired) electrons. The normalized spacial score (nSPS) is 23.2. The number of aryl methyl sites for hydroxylation is 1. The summed E-state index contributed by atoms with van der Waals surface area (Å²) in [4.78, 5) is 2.51. The summed E-state index contributed by atoms with van der Waals surface area (Å²) in [6.45, 7) is 3.27. The average Bonchev–Trinajstić information content (AvgIpc) is 2.88. The Morgan fingerprint density at radius 3 is 2.32 bits per heavy atom. The van der Waals surface area contributed by atoms with Crippen LogP contribution in [0.15, 0.2) is 77.7 Å². The van der Waals surface area contributed by atoms with Gasteiger partial charge < -0.3 is 5.11 Å². The number of sulfonamides is 1. The molecule has 38 heavy (non-hydrogen) atoms. The van der Waals surface area contributed by atoms with E-state index >= 15 is 0 Å². The number of alkyl halides is 3. The highest BCUT2D eigenvalue weighted by Gasteiger charge is 2.50. The van der Waals surface area contributed by atoms with Gasteiger partial charge in [0.2, 0.25) is 10.0 Å². The zero-order valence-electron chi connectivity index (χ0n) is 21.1. The lowest BCUT2D eigenvalue weighted by Crippen LogP contribution is -2.67. The van der Waals surface area contributed by atoms with E-state index in [-0.39, 0.29) is 24.6 Å². The number of benzene rings is 3. The molecule has 2 heterocycles. The molecule has 2 unspecified atom stereocenters. The largest absolute Gasteiger partial charge is 0.416 e. The minimum atomic E-state index is -4.41. The SMILES string of the molecule is Cc1ccccc1S(=O)(=O)N1CCCCN2C(CO)[C@@H](c3ccc(-c4cccc(C(F)(F)F)c4)cc3)C2C1. The van der Waals surface area contributed by atoms with Gasteiger partial charge in [0, 0.05) is 31.1 Å². The van der Waals surface area contributed by atoms with Crippen molar-refractivity contribution >= 4 is 10.0 Å². The topological polar surface area (TPSA) is 60.9 Å². The van der Waals surface area contributed by atoms with Gasteiger partial charge in [0.05, 0.1) is 17.1 Å². The number of fused-ring (bicyclic) bond motifs is 1. The maximum Gasteiger partial charge on any atom is 0.416 e. The van der Waals surface area contributed by atoms with Crippen molar-refractivity contribution in [1.82, 2.24) is 9.21 Å². The van der Waals surface area contributed by atoms with E-state index in [2.05, 4.69) is 4.90 Å². The van der Waals surface area contributed by atoms with E-state index in [0.29, 0.717) is 34.7 Å². The van der Waals surface area contributed by atoms with Crippen LogP contribution in [-0.4, -0.2) is 61.1 Å². The lowest BCUT2D eigenvalue weighted by molar-refractivity contribution is -0.137. The Kier molecular flexibility index (Phi) is 7.39. The Morgan fingerprint density at radius 1 is 0.921 bits per heavy atom. The quantitative estimate of drug-likeness (QED) is 0.474. The van der Waals surface area contributed by atoms with Gasteiger partial charge in [-0.1, -0.05) is 54.6 Å². The van der Waals surface area contributed by atoms with Crippen molar-refractivity contribution in [2.45, 2.75) is 48.8 Å². The maximum absolute atomic E-state index is 13.6. The molecule has 0 saturated carbocycles. The molecule has 9 heteroatoms. The van der Waals surface area contributed by atoms with E-state index in [0.717, 1.165) is 37.1 Å². The van der Waals surface area contributed by atoms with E-state index in [1.54, 1.807) is 47.6 Å². The molecule has 2 saturated heterocycles. The third-order valence-corrected chi connectivity index (χ3v) is 9.89. The van der Waals surface area contributed by atoms with Crippen molar-refractivity contribution in [3.05, 3.63) is 89.5 Å². The lowest BCUT2D eigenvalue weighted by atomic mass is 9.74. The van der Waals surface area contributed by atoms with E-state index in [1.807, 2.05) is 18.2 Å². The van der Waals surface area contributed by atoms with E-state index in [4.69, 9.17) is 0 Å². The molecular weight excluding hydrogens is 513 g/mol. The fourth-order valence-electron chi connectivity index (χ4n) is 5.88. The molecule has 5 rings (SSSR count). The number of nitrogens with zero attached hydrogens (tertiary/aromatic N) is 2. The Balaban J connectivity index is 1.42. The molecule has 0 amide bonds. The summed E-state index contributed by atoms with van der Waals surface area (Å²) in [5.41, 5.74) is 2.09. The monoisotopic (exact) mass is 544 g/mol. The Morgan fingerprint density at radius 2 is 1.63 bits per heavy atom. The van der Waals surface area contributed by atoms with Crippen LogP contribution in [-0.2, 0) is 16.2 Å². The van der Waals surface area contributed by atoms with Crippen LogP contribution in [0.3, 0.4) is 0 Å². The number of hydrogen-bond acceptors (Lipinski definition) is 4. The van der Waals surface area contributed by atoms with E-state index in [1.165, 1.54) is 6.07 Å². The molecule has 0 aliphatic carbocycles. The van der Waals surface area contributed by atoms with Crippen LogP contribution in [0.2, 0.25) is 0 Å². The number of halogens is 3. The molecule has 0 spiro atoms. The van der Waals surface area contributed by atoms with Gasteiger partial charge in [-0.05, 0) is 66.8 Å². The summed E-state index contributed by atoms with van der Waals surface area (Å²) in [5, 5.41) is 10.2. The molecule has 2 aliphatic rings. The fraction of sp³-hybridized carbons (Fsp3) is 0.379. The minimum Gasteiger partial charge on any atom is -0.395 e. The van der Waals surface area contributed by atoms with Gasteiger partial charge >= 0.3 is 6.18 Å². The third-order valence-electron chi connectivity index (χ3n) is 7.86. The summed E-state index contributed by atoms with van der Waals surface area (Å²) >= 11 is 0. The first-order valence-electron chi connectivity index (χ1n) is 12.8. The molecule has 2 fully saturated rings. The number of rotatable bonds is 5. The molecule has 3 aromatic rings. The Bertz CT molecular complexity index is 1390. The van der Waals surface area contributed by atoms with Crippen molar-refractivity contribution in [1.29, 1.82) is 0 Å². The summed E-state index contributed by atoms with van der Waals surface area (Å²) in [6.07, 6.45) is -2.85. The molecule has 0 aromatic heterocycles. The standard InChI is InChI=1S/C29H31F3N2O3S/c1-20-7-2-3-10-27(20)38(36,37)33-15-4-5-16-34-25(18-33)28(26(34)19-35)22-13-11-21(12-14-22)23-8-6-9-24(17-23)29(30,31)32/h2-3,6-14,17,25-26,28,35H,4-5,15-16,18-19H2,1H3/t25?,26?,28-/m0/s1. The fourth-order valence-corrected chi connectivity index (χ4v) is 7.61. The summed E-state index contributed by atoms with van der Waals surface area (Å²) in [5.74, 6) is -0.0942. The Labute approximate surface area is 221 Å². The van der Waals surface area contributed by atoms with Gasteiger partial charge in [0.1, 0.15) is 0 Å². The zero-order chi connectivity index (χ0) is 27.1. The van der Waals surface area contributed by atoms with Crippen molar-refractivity contribution in [2.75, 3.05) is 26.2 Å². The molecule has 3 atom stereocenters. The minimum absolute atomic E-state index is 0.0545. The molecule has 202 valence electrons. The van der Waals surface area contributed by atoms with Gasteiger partial charge in [-0.25, -0.2) is 8.42 Å². The predicted molar refractivity (Wildman–Crippen MR) is 140 cm³/mol. The second kappa shape index (κ2) is 10.4. The summed E-state index contributed by atoms with van der Waals surface area (Å²) < 4.78 is 68.4. The second-order valence-electron chi connectivity index (χ2n) is 10.1. The second-order valence-corrected chi connectivity index (χ2v) is 12.0. The molecule has 5 nitrogen and oxygen atoms in total. The van der Waals surface area contributed by atoms with Crippen LogP contribution in [0, 0.1) is 6.92 Å². The molecule has 3 aromatic carbocycles. The number of hydrogen-bond donors (Lipinski definition) is 1. The van der Waals surface area contributed by atoms with Crippen molar-refractivity contribution in [3.63, 3.8) is 0 Å². The van der Waals surface area contributed by atoms with E-state index < -0.39 is 21.8 Å². The smallest absolute Gasteiger partial charge is 0.395 e. The summed E-state index contributed by atoms with van der Waals surface area (Å²) in [7, 11) is -3.69. The Hall–Kier alpha value is -2.72. The van der Waals surface area contributed by atoms with E-state index in [9.17, 15) is 26.7 Å². The lowest BCUT2D eigenvalue weighted by Gasteiger charge is -2.57. The third kappa shape index (κ3) is 5.00. The highest BCUT2D eigenvalue weighted by molar-refractivity contribution is 7.89. The molecule has 1 N–H and O–H groups in total. The highest BCUT2D eigenvalue weighted by Crippen LogP contribution is 2.43. The molecular formula is C29H31F3N2O3S. The van der Waals surface area contributed by atoms with Crippen LogP contribution in [0.5, 0.6) is 0 Å². The van der Waals surface area contributed by atoms with Gasteiger partial charge in [-0.3, -0.25) is 4.90 Å². The molecule has 0 bridgehead atoms. The van der Waals surface area contributed by atoms with Gasteiger partial charge in [-0.2, -0.15) is 17.5 Å². The summed E-state index contributed by atoms with van der Waals surface area (Å²) in [6, 6.07) is 19.4. The van der Waals surface area contributed by atoms with Crippen LogP contribution in [0.25, 0.3) is 11.1 Å². The van der Waals surface area contributed by atoms with Gasteiger partial charge in [0.15, 0.2) is 0 Å². The van der Waals surface area contributed by atoms with Crippen molar-refractivity contribution < 1.29 is 26.7 Å². The zero-order valence-corrected chi connectivity index (χ0v) is 21.9. The first kappa shape index (κ1) is 26.9. The van der Waals surface area contributed by atoms with Gasteiger partial charge in [0.25, 0.3) is 0 Å². The predicted octanol–water partition coefficient (Wildman–Crippen LogP) is 5.29. The first-order chi connectivity index (χ1) is 18.1. The maximum atomic E-state index is 13.6. The van der Waals surface area contributed by atoms with Gasteiger partial charge in [-0.15, -0.1) is 0 Å². The number of aliphatic hydroxyl groups excluding tert-OH is 1. The molecule has 2 aliphatic heterocycles. The van der Waals surface area contributed by atoms with Crippen LogP contribution < -0.4 is 0 Å². The highest BCUT2D eigenvalue weighted by atomic mass is 32.2. The van der Waals surface area contributed by atoms with Crippen molar-refractivity contribution in [3.8, 4) is 11.1 Å². The van der Waals surface area contributed by atoms with Crippen LogP contribution in [0.1, 0.15) is 35.4 Å². The number of aliphatic hydroxyl groups is 1. The average molecular weight is 545 g/mol. The van der Waals surface area contributed by atoms with Crippen LogP contribution in [0.4, 0.5) is 13.2 Å². The van der Waals surface area contributed by atoms with Crippen LogP contribution >= 0.6 is 0 Å². The van der Waals surface area contributed by atoms with Crippen molar-refractivity contribution in [2.24, 2.45) is 0 Å².